The minimum Gasteiger partial charge on any atom is -0.353 e. The van der Waals surface area contributed by atoms with E-state index in [-0.39, 0.29) is 23.9 Å². The molecule has 2 amide bonds. The van der Waals surface area contributed by atoms with Gasteiger partial charge in [-0.3, -0.25) is 9.59 Å². The standard InChI is InChI=1S/C40H68N2O2/c1-3-5-7-9-11-13-15-17-19-21-23-25-27-29-31-33-40(44)42-38-35-34-37(36-38)41-39(43)32-30-28-26-24-22-20-18-16-14-12-10-8-6-4-2/h4-7,10-13,16,18,37-38H,3,8-9,14-15,17,19-36H2,1-2H3,(H,41,43)(H,42,44). The lowest BCUT2D eigenvalue weighted by Crippen LogP contribution is -2.37. The van der Waals surface area contributed by atoms with Crippen LogP contribution in [0.5, 0.6) is 0 Å². The quantitative estimate of drug-likeness (QED) is 0.0685. The Morgan fingerprint density at radius 2 is 0.909 bits per heavy atom. The van der Waals surface area contributed by atoms with E-state index in [0.29, 0.717) is 12.8 Å². The summed E-state index contributed by atoms with van der Waals surface area (Å²) >= 11 is 0. The van der Waals surface area contributed by atoms with Gasteiger partial charge in [-0.2, -0.15) is 0 Å². The van der Waals surface area contributed by atoms with Gasteiger partial charge in [-0.1, -0.05) is 125 Å². The number of nitrogens with one attached hydrogen (secondary N) is 2. The maximum Gasteiger partial charge on any atom is 0.220 e. The maximum absolute atomic E-state index is 12.4. The second kappa shape index (κ2) is 30.7. The Kier molecular flexibility index (Phi) is 27.6. The predicted octanol–water partition coefficient (Wildman–Crippen LogP) is 11.2. The zero-order valence-electron chi connectivity index (χ0n) is 28.7. The Labute approximate surface area is 272 Å². The van der Waals surface area contributed by atoms with Crippen molar-refractivity contribution in [1.82, 2.24) is 10.6 Å². The average molecular weight is 609 g/mol. The van der Waals surface area contributed by atoms with Crippen molar-refractivity contribution in [2.45, 2.75) is 180 Å². The maximum atomic E-state index is 12.4. The van der Waals surface area contributed by atoms with Gasteiger partial charge in [0.15, 0.2) is 0 Å². The molecule has 0 saturated heterocycles. The average Bonchev–Trinajstić information content (AvgIpc) is 3.45. The molecule has 1 aliphatic carbocycles. The zero-order valence-corrected chi connectivity index (χ0v) is 28.7. The van der Waals surface area contributed by atoms with Crippen LogP contribution in [0.3, 0.4) is 0 Å². The highest BCUT2D eigenvalue weighted by Crippen LogP contribution is 2.20. The zero-order chi connectivity index (χ0) is 31.8. The Morgan fingerprint density at radius 1 is 0.523 bits per heavy atom. The number of carbonyl (C=O) groups is 2. The molecule has 0 aromatic rings. The van der Waals surface area contributed by atoms with E-state index in [0.717, 1.165) is 77.0 Å². The summed E-state index contributed by atoms with van der Waals surface area (Å²) in [6.07, 6.45) is 48.7. The van der Waals surface area contributed by atoms with Gasteiger partial charge in [0, 0.05) is 24.9 Å². The fourth-order valence-corrected chi connectivity index (χ4v) is 5.79. The Morgan fingerprint density at radius 3 is 1.36 bits per heavy atom. The van der Waals surface area contributed by atoms with Crippen molar-refractivity contribution < 1.29 is 9.59 Å². The van der Waals surface area contributed by atoms with Crippen LogP contribution in [0.2, 0.25) is 0 Å². The lowest BCUT2D eigenvalue weighted by molar-refractivity contribution is -0.122. The van der Waals surface area contributed by atoms with E-state index < -0.39 is 0 Å². The highest BCUT2D eigenvalue weighted by atomic mass is 16.2. The van der Waals surface area contributed by atoms with E-state index in [1.54, 1.807) is 0 Å². The highest BCUT2D eigenvalue weighted by molar-refractivity contribution is 5.77. The van der Waals surface area contributed by atoms with Gasteiger partial charge in [0.2, 0.25) is 11.8 Å². The number of unbranched alkanes of at least 4 members (excludes halogenated alkanes) is 13. The molecule has 0 aromatic heterocycles. The number of amides is 2. The lowest BCUT2D eigenvalue weighted by atomic mass is 10.1. The smallest absolute Gasteiger partial charge is 0.220 e. The molecule has 4 heteroatoms. The van der Waals surface area contributed by atoms with Gasteiger partial charge in [0.05, 0.1) is 0 Å². The molecule has 250 valence electrons. The van der Waals surface area contributed by atoms with Crippen LogP contribution in [0.4, 0.5) is 0 Å². The fourth-order valence-electron chi connectivity index (χ4n) is 5.79. The van der Waals surface area contributed by atoms with E-state index in [1.807, 2.05) is 0 Å². The van der Waals surface area contributed by atoms with E-state index in [1.165, 1.54) is 64.2 Å². The van der Waals surface area contributed by atoms with E-state index >= 15 is 0 Å². The molecule has 0 aliphatic heterocycles. The van der Waals surface area contributed by atoms with Crippen molar-refractivity contribution in [3.63, 3.8) is 0 Å². The van der Waals surface area contributed by atoms with Gasteiger partial charge in [-0.15, -0.1) is 0 Å². The molecule has 2 unspecified atom stereocenters. The molecule has 1 rings (SSSR count). The fraction of sp³-hybridized carbons (Fsp3) is 0.700. The minimum atomic E-state index is 0.180. The van der Waals surface area contributed by atoms with Crippen molar-refractivity contribution in [1.29, 1.82) is 0 Å². The molecule has 1 aliphatic rings. The van der Waals surface area contributed by atoms with E-state index in [2.05, 4.69) is 85.2 Å². The van der Waals surface area contributed by atoms with Crippen molar-refractivity contribution >= 4 is 11.8 Å². The van der Waals surface area contributed by atoms with Gasteiger partial charge < -0.3 is 10.6 Å². The summed E-state index contributed by atoms with van der Waals surface area (Å²) in [5.41, 5.74) is 0. The van der Waals surface area contributed by atoms with Gasteiger partial charge in [0.1, 0.15) is 0 Å². The third-order valence-corrected chi connectivity index (χ3v) is 8.42. The van der Waals surface area contributed by atoms with Crippen molar-refractivity contribution in [2.24, 2.45) is 0 Å². The molecule has 0 heterocycles. The third kappa shape index (κ3) is 26.1. The molecule has 0 bridgehead atoms. The SMILES string of the molecule is CC=CCC=CCC=CCCCCCCCC(=O)NC1CCC(NC(=O)CCCCCCCCCCC=CCC=CCC)C1. The highest BCUT2D eigenvalue weighted by Gasteiger charge is 2.26. The third-order valence-electron chi connectivity index (χ3n) is 8.42. The van der Waals surface area contributed by atoms with Crippen LogP contribution in [0, 0.1) is 0 Å². The second-order valence-electron chi connectivity index (χ2n) is 12.6. The topological polar surface area (TPSA) is 58.2 Å². The molecule has 0 aromatic carbocycles. The van der Waals surface area contributed by atoms with Gasteiger partial charge in [0.25, 0.3) is 0 Å². The molecule has 2 atom stereocenters. The largest absolute Gasteiger partial charge is 0.353 e. The second-order valence-corrected chi connectivity index (χ2v) is 12.6. The number of hydrogen-bond acceptors (Lipinski definition) is 2. The van der Waals surface area contributed by atoms with Crippen molar-refractivity contribution in [3.8, 4) is 0 Å². The normalized spacial score (nSPS) is 17.3. The number of allylic oxidation sites excluding steroid dienone is 10. The Balaban J connectivity index is 1.91. The Bertz CT molecular complexity index is 838. The van der Waals surface area contributed by atoms with Crippen LogP contribution in [0.15, 0.2) is 60.8 Å². The number of rotatable bonds is 28. The first-order chi connectivity index (χ1) is 21.7. The van der Waals surface area contributed by atoms with Crippen LogP contribution < -0.4 is 10.6 Å². The first-order valence-corrected chi connectivity index (χ1v) is 18.5. The molecule has 0 spiro atoms. The molecule has 44 heavy (non-hydrogen) atoms. The molecule has 4 nitrogen and oxygen atoms in total. The lowest BCUT2D eigenvalue weighted by Gasteiger charge is -2.15. The van der Waals surface area contributed by atoms with Crippen LogP contribution in [0.1, 0.15) is 168 Å². The van der Waals surface area contributed by atoms with E-state index in [9.17, 15) is 9.59 Å². The first kappa shape index (κ1) is 39.7. The predicted molar refractivity (Wildman–Crippen MR) is 192 cm³/mol. The van der Waals surface area contributed by atoms with Crippen LogP contribution in [-0.2, 0) is 9.59 Å². The molecule has 1 saturated carbocycles. The van der Waals surface area contributed by atoms with Gasteiger partial charge in [-0.25, -0.2) is 0 Å². The Hall–Kier alpha value is -2.36. The molecule has 0 radical (unpaired) electrons. The van der Waals surface area contributed by atoms with Gasteiger partial charge in [-0.05, 0) is 90.4 Å². The minimum absolute atomic E-state index is 0.180. The first-order valence-electron chi connectivity index (χ1n) is 18.5. The summed E-state index contributed by atoms with van der Waals surface area (Å²) in [5, 5.41) is 6.43. The molecular weight excluding hydrogens is 540 g/mol. The van der Waals surface area contributed by atoms with Crippen LogP contribution in [0.25, 0.3) is 0 Å². The van der Waals surface area contributed by atoms with E-state index in [4.69, 9.17) is 0 Å². The number of carbonyl (C=O) groups excluding carboxylic acids is 2. The molecule has 1 fully saturated rings. The summed E-state index contributed by atoms with van der Waals surface area (Å²) in [5.74, 6) is 0.368. The summed E-state index contributed by atoms with van der Waals surface area (Å²) < 4.78 is 0. The van der Waals surface area contributed by atoms with Crippen molar-refractivity contribution in [3.05, 3.63) is 60.8 Å². The molecule has 2 N–H and O–H groups in total. The summed E-state index contributed by atoms with van der Waals surface area (Å²) in [4.78, 5) is 24.8. The van der Waals surface area contributed by atoms with Crippen LogP contribution in [-0.4, -0.2) is 23.9 Å². The van der Waals surface area contributed by atoms with Gasteiger partial charge >= 0.3 is 0 Å². The van der Waals surface area contributed by atoms with Crippen LogP contribution >= 0.6 is 0 Å². The molecular formula is C40H68N2O2. The number of hydrogen-bond donors (Lipinski definition) is 2. The monoisotopic (exact) mass is 609 g/mol. The summed E-state index contributed by atoms with van der Waals surface area (Å²) in [6, 6.07) is 0.440. The summed E-state index contributed by atoms with van der Waals surface area (Å²) in [6.45, 7) is 4.23. The van der Waals surface area contributed by atoms with Crippen molar-refractivity contribution in [2.75, 3.05) is 0 Å². The summed E-state index contributed by atoms with van der Waals surface area (Å²) in [7, 11) is 0.